The zero-order valence-electron chi connectivity index (χ0n) is 16.1. The van der Waals surface area contributed by atoms with E-state index in [4.69, 9.17) is 0 Å². The Bertz CT molecular complexity index is 835. The Morgan fingerprint density at radius 2 is 2.04 bits per heavy atom. The predicted molar refractivity (Wildman–Crippen MR) is 102 cm³/mol. The Kier molecular flexibility index (Phi) is 5.35. The standard InChI is InChI=1S/C19H28FN3O3S/c1-18(2,3)23-27(25,26)16-10-14(7-8-15(16)20)22-17(24)19-9-5-4-6-13(19)11-21-12-19/h7-8,10,13,21,23H,4-6,9,11-12H2,1-3H3,(H,22,24)/t13-,19+/m0/s1. The molecule has 0 unspecified atom stereocenters. The number of carbonyl (C=O) groups excluding carboxylic acids is 1. The molecule has 1 saturated heterocycles. The van der Waals surface area contributed by atoms with Crippen molar-refractivity contribution in [1.29, 1.82) is 0 Å². The Labute approximate surface area is 160 Å². The molecule has 0 radical (unpaired) electrons. The fourth-order valence-corrected chi connectivity index (χ4v) is 5.71. The first-order valence-corrected chi connectivity index (χ1v) is 10.9. The van der Waals surface area contributed by atoms with Crippen LogP contribution in [0.3, 0.4) is 0 Å². The van der Waals surface area contributed by atoms with Gasteiger partial charge >= 0.3 is 0 Å². The van der Waals surface area contributed by atoms with Gasteiger partial charge < -0.3 is 10.6 Å². The molecule has 6 nitrogen and oxygen atoms in total. The van der Waals surface area contributed by atoms with Crippen molar-refractivity contribution in [1.82, 2.24) is 10.0 Å². The van der Waals surface area contributed by atoms with Crippen LogP contribution in [-0.4, -0.2) is 33.0 Å². The number of fused-ring (bicyclic) bond motifs is 1. The average Bonchev–Trinajstić information content (AvgIpc) is 2.99. The number of carbonyl (C=O) groups is 1. The molecular formula is C19H28FN3O3S. The maximum atomic E-state index is 14.2. The van der Waals surface area contributed by atoms with Gasteiger partial charge in [-0.1, -0.05) is 12.8 Å². The van der Waals surface area contributed by atoms with Crippen molar-refractivity contribution < 1.29 is 17.6 Å². The Balaban J connectivity index is 1.85. The molecule has 0 spiro atoms. The first-order valence-electron chi connectivity index (χ1n) is 9.39. The molecule has 1 amide bonds. The number of sulfonamides is 1. The summed E-state index contributed by atoms with van der Waals surface area (Å²) in [5, 5.41) is 6.15. The lowest BCUT2D eigenvalue weighted by atomic mass is 9.67. The highest BCUT2D eigenvalue weighted by molar-refractivity contribution is 7.89. The number of amides is 1. The monoisotopic (exact) mass is 397 g/mol. The lowest BCUT2D eigenvalue weighted by molar-refractivity contribution is -0.128. The van der Waals surface area contributed by atoms with Crippen molar-refractivity contribution in [3.63, 3.8) is 0 Å². The van der Waals surface area contributed by atoms with Gasteiger partial charge in [-0.3, -0.25) is 4.79 Å². The van der Waals surface area contributed by atoms with E-state index in [1.165, 1.54) is 12.1 Å². The lowest BCUT2D eigenvalue weighted by Gasteiger charge is -2.37. The molecule has 27 heavy (non-hydrogen) atoms. The number of hydrogen-bond acceptors (Lipinski definition) is 4. The number of nitrogens with one attached hydrogen (secondary N) is 3. The lowest BCUT2D eigenvalue weighted by Crippen LogP contribution is -2.44. The topological polar surface area (TPSA) is 87.3 Å². The number of anilines is 1. The summed E-state index contributed by atoms with van der Waals surface area (Å²) in [5.41, 5.74) is -0.912. The SMILES string of the molecule is CC(C)(C)NS(=O)(=O)c1cc(NC(=O)[C@@]23CCCC[C@H]2CNC3)ccc1F. The molecule has 0 bridgehead atoms. The maximum absolute atomic E-state index is 14.2. The van der Waals surface area contributed by atoms with Gasteiger partial charge in [-0.15, -0.1) is 0 Å². The third-order valence-electron chi connectivity index (χ3n) is 5.41. The van der Waals surface area contributed by atoms with Gasteiger partial charge in [-0.2, -0.15) is 0 Å². The van der Waals surface area contributed by atoms with Crippen molar-refractivity contribution in [3.8, 4) is 0 Å². The van der Waals surface area contributed by atoms with Gasteiger partial charge in [-0.25, -0.2) is 17.5 Å². The van der Waals surface area contributed by atoms with Gasteiger partial charge in [0, 0.05) is 17.8 Å². The molecule has 150 valence electrons. The second kappa shape index (κ2) is 7.14. The number of hydrogen-bond donors (Lipinski definition) is 3. The van der Waals surface area contributed by atoms with Crippen molar-refractivity contribution in [2.45, 2.75) is 56.9 Å². The van der Waals surface area contributed by atoms with Crippen LogP contribution < -0.4 is 15.4 Å². The molecule has 3 rings (SSSR count). The van der Waals surface area contributed by atoms with Gasteiger partial charge in [0.25, 0.3) is 0 Å². The van der Waals surface area contributed by atoms with Gasteiger partial charge in [-0.05, 0) is 64.3 Å². The molecule has 1 aliphatic heterocycles. The molecule has 8 heteroatoms. The molecule has 0 aromatic heterocycles. The van der Waals surface area contributed by atoms with E-state index in [0.717, 1.165) is 38.3 Å². The predicted octanol–water partition coefficient (Wildman–Crippen LogP) is 2.62. The average molecular weight is 398 g/mol. The highest BCUT2D eigenvalue weighted by Crippen LogP contribution is 2.44. The fourth-order valence-electron chi connectivity index (χ4n) is 4.19. The van der Waals surface area contributed by atoms with Crippen LogP contribution in [-0.2, 0) is 14.8 Å². The van der Waals surface area contributed by atoms with Gasteiger partial charge in [0.15, 0.2) is 0 Å². The van der Waals surface area contributed by atoms with E-state index in [9.17, 15) is 17.6 Å². The Morgan fingerprint density at radius 3 is 2.74 bits per heavy atom. The van der Waals surface area contributed by atoms with E-state index in [1.807, 2.05) is 0 Å². The maximum Gasteiger partial charge on any atom is 0.244 e. The molecule has 1 saturated carbocycles. The number of halogens is 1. The molecule has 2 fully saturated rings. The molecular weight excluding hydrogens is 369 g/mol. The molecule has 2 atom stereocenters. The third kappa shape index (κ3) is 4.17. The zero-order chi connectivity index (χ0) is 19.9. The molecule has 1 aromatic carbocycles. The van der Waals surface area contributed by atoms with Crippen molar-refractivity contribution in [3.05, 3.63) is 24.0 Å². The summed E-state index contributed by atoms with van der Waals surface area (Å²) in [4.78, 5) is 12.6. The van der Waals surface area contributed by atoms with Crippen LogP contribution in [0.1, 0.15) is 46.5 Å². The highest BCUT2D eigenvalue weighted by atomic mass is 32.2. The molecule has 1 aliphatic carbocycles. The van der Waals surface area contributed by atoms with E-state index in [2.05, 4.69) is 15.4 Å². The quantitative estimate of drug-likeness (QED) is 0.729. The second-order valence-electron chi connectivity index (χ2n) is 8.68. The smallest absolute Gasteiger partial charge is 0.244 e. The van der Waals surface area contributed by atoms with Gasteiger partial charge in [0.05, 0.1) is 5.41 Å². The molecule has 1 aromatic rings. The summed E-state index contributed by atoms with van der Waals surface area (Å²) in [6.07, 6.45) is 3.95. The summed E-state index contributed by atoms with van der Waals surface area (Å²) >= 11 is 0. The van der Waals surface area contributed by atoms with Crippen LogP contribution in [0.5, 0.6) is 0 Å². The van der Waals surface area contributed by atoms with Gasteiger partial charge in [0.1, 0.15) is 10.7 Å². The summed E-state index contributed by atoms with van der Waals surface area (Å²) in [6.45, 7) is 6.50. The van der Waals surface area contributed by atoms with E-state index < -0.39 is 31.7 Å². The van der Waals surface area contributed by atoms with Gasteiger partial charge in [0.2, 0.25) is 15.9 Å². The first kappa shape index (κ1) is 20.2. The normalized spacial score (nSPS) is 25.9. The fraction of sp³-hybridized carbons (Fsp3) is 0.632. The van der Waals surface area contributed by atoms with Crippen LogP contribution >= 0.6 is 0 Å². The van der Waals surface area contributed by atoms with E-state index >= 15 is 0 Å². The molecule has 2 aliphatic rings. The third-order valence-corrected chi connectivity index (χ3v) is 7.18. The summed E-state index contributed by atoms with van der Waals surface area (Å²) in [7, 11) is -4.04. The minimum absolute atomic E-state index is 0.115. The summed E-state index contributed by atoms with van der Waals surface area (Å²) in [6, 6.07) is 3.67. The van der Waals surface area contributed by atoms with E-state index in [1.54, 1.807) is 20.8 Å². The van der Waals surface area contributed by atoms with Crippen molar-refractivity contribution >= 4 is 21.6 Å². The Morgan fingerprint density at radius 1 is 1.30 bits per heavy atom. The van der Waals surface area contributed by atoms with Crippen LogP contribution in [0, 0.1) is 17.2 Å². The van der Waals surface area contributed by atoms with Crippen LogP contribution in [0.4, 0.5) is 10.1 Å². The van der Waals surface area contributed by atoms with Crippen LogP contribution in [0.15, 0.2) is 23.1 Å². The number of rotatable bonds is 4. The zero-order valence-corrected chi connectivity index (χ0v) is 16.9. The van der Waals surface area contributed by atoms with Crippen LogP contribution in [0.25, 0.3) is 0 Å². The largest absolute Gasteiger partial charge is 0.326 e. The first-order chi connectivity index (χ1) is 12.5. The van der Waals surface area contributed by atoms with E-state index in [0.29, 0.717) is 12.2 Å². The minimum Gasteiger partial charge on any atom is -0.326 e. The minimum atomic E-state index is -4.04. The second-order valence-corrected chi connectivity index (χ2v) is 10.3. The molecule has 1 heterocycles. The van der Waals surface area contributed by atoms with Crippen molar-refractivity contribution in [2.24, 2.45) is 11.3 Å². The van der Waals surface area contributed by atoms with E-state index in [-0.39, 0.29) is 11.8 Å². The summed E-state index contributed by atoms with van der Waals surface area (Å²) in [5.74, 6) is -0.672. The Hall–Kier alpha value is -1.51. The van der Waals surface area contributed by atoms with Crippen LogP contribution in [0.2, 0.25) is 0 Å². The molecule has 3 N–H and O–H groups in total. The number of benzene rings is 1. The van der Waals surface area contributed by atoms with Crippen molar-refractivity contribution in [2.75, 3.05) is 18.4 Å². The highest BCUT2D eigenvalue weighted by Gasteiger charge is 2.49. The summed E-state index contributed by atoms with van der Waals surface area (Å²) < 4.78 is 41.7.